The van der Waals surface area contributed by atoms with E-state index in [2.05, 4.69) is 19.1 Å². The number of ether oxygens (including phenoxy) is 1. The van der Waals surface area contributed by atoms with Gasteiger partial charge in [0, 0.05) is 0 Å². The van der Waals surface area contributed by atoms with E-state index >= 15 is 0 Å². The molecule has 0 radical (unpaired) electrons. The van der Waals surface area contributed by atoms with Crippen molar-refractivity contribution in [1.82, 2.24) is 0 Å². The highest BCUT2D eigenvalue weighted by Crippen LogP contribution is 2.14. The zero-order valence-electron chi connectivity index (χ0n) is 16.3. The third-order valence-corrected chi connectivity index (χ3v) is 4.37. The number of unbranched alkanes of at least 4 members (excludes halogenated alkanes) is 10. The molecule has 0 aromatic heterocycles. The van der Waals surface area contributed by atoms with Gasteiger partial charge in [-0.25, -0.2) is 0 Å². The van der Waals surface area contributed by atoms with Gasteiger partial charge in [0.05, 0.1) is 6.61 Å². The van der Waals surface area contributed by atoms with Gasteiger partial charge < -0.3 is 9.84 Å². The van der Waals surface area contributed by atoms with Crippen LogP contribution in [-0.4, -0.2) is 23.7 Å². The molecule has 0 aromatic carbocycles. The highest BCUT2D eigenvalue weighted by atomic mass is 16.5. The second kappa shape index (κ2) is 17.5. The van der Waals surface area contributed by atoms with Crippen LogP contribution in [0.1, 0.15) is 97.3 Å². The molecule has 146 valence electrons. The standard InChI is InChI=1S/C21H38O4/c1-3-5-6-7-8-9-10-11-12-13-14-15-16-17-18-19(20(22)23)21(24)25-4-2/h11-12,19H,3-10,13-18H2,1-2H3,(H,22,23). The molecule has 1 atom stereocenters. The number of rotatable bonds is 17. The SMILES string of the molecule is CCCCCCCCC=CCCCCCCC(C(=O)O)C(=O)OCC. The third-order valence-electron chi connectivity index (χ3n) is 4.37. The van der Waals surface area contributed by atoms with Gasteiger partial charge in [0.1, 0.15) is 0 Å². The Morgan fingerprint density at radius 2 is 1.36 bits per heavy atom. The van der Waals surface area contributed by atoms with E-state index in [-0.39, 0.29) is 6.61 Å². The van der Waals surface area contributed by atoms with Crippen molar-refractivity contribution in [2.75, 3.05) is 6.61 Å². The van der Waals surface area contributed by atoms with E-state index in [0.717, 1.165) is 32.1 Å². The van der Waals surface area contributed by atoms with Crippen molar-refractivity contribution in [3.05, 3.63) is 12.2 Å². The molecule has 1 N–H and O–H groups in total. The number of hydrogen-bond acceptors (Lipinski definition) is 3. The number of carboxylic acids is 1. The van der Waals surface area contributed by atoms with Gasteiger partial charge in [0.15, 0.2) is 5.92 Å². The fourth-order valence-corrected chi connectivity index (χ4v) is 2.83. The van der Waals surface area contributed by atoms with Crippen LogP contribution in [0.5, 0.6) is 0 Å². The van der Waals surface area contributed by atoms with E-state index in [1.165, 1.54) is 44.9 Å². The van der Waals surface area contributed by atoms with E-state index in [4.69, 9.17) is 9.84 Å². The molecule has 0 amide bonds. The van der Waals surface area contributed by atoms with Crippen molar-refractivity contribution in [2.45, 2.75) is 97.3 Å². The molecule has 0 aliphatic carbocycles. The predicted molar refractivity (Wildman–Crippen MR) is 103 cm³/mol. The summed E-state index contributed by atoms with van der Waals surface area (Å²) in [5.74, 6) is -2.68. The monoisotopic (exact) mass is 354 g/mol. The van der Waals surface area contributed by atoms with Crippen LogP contribution in [0.3, 0.4) is 0 Å². The maximum atomic E-state index is 11.5. The van der Waals surface area contributed by atoms with Crippen LogP contribution in [0.4, 0.5) is 0 Å². The molecule has 0 aliphatic heterocycles. The van der Waals surface area contributed by atoms with Crippen molar-refractivity contribution in [2.24, 2.45) is 5.92 Å². The summed E-state index contributed by atoms with van der Waals surface area (Å²) in [7, 11) is 0. The molecule has 1 unspecified atom stereocenters. The zero-order chi connectivity index (χ0) is 18.8. The molecule has 4 heteroatoms. The lowest BCUT2D eigenvalue weighted by molar-refractivity contribution is -0.158. The molecule has 0 fully saturated rings. The third kappa shape index (κ3) is 14.7. The number of carbonyl (C=O) groups is 2. The van der Waals surface area contributed by atoms with Crippen molar-refractivity contribution < 1.29 is 19.4 Å². The van der Waals surface area contributed by atoms with Crippen LogP contribution in [0.25, 0.3) is 0 Å². The Morgan fingerprint density at radius 1 is 0.840 bits per heavy atom. The molecule has 0 heterocycles. The summed E-state index contributed by atoms with van der Waals surface area (Å²) in [6.07, 6.45) is 19.2. The van der Waals surface area contributed by atoms with Crippen LogP contribution in [-0.2, 0) is 14.3 Å². The quantitative estimate of drug-likeness (QED) is 0.153. The van der Waals surface area contributed by atoms with E-state index in [1.54, 1.807) is 6.92 Å². The molecule has 0 rings (SSSR count). The number of allylic oxidation sites excluding steroid dienone is 2. The van der Waals surface area contributed by atoms with Crippen LogP contribution < -0.4 is 0 Å². The summed E-state index contributed by atoms with van der Waals surface area (Å²) in [6.45, 7) is 4.16. The fraction of sp³-hybridized carbons (Fsp3) is 0.810. The second-order valence-electron chi connectivity index (χ2n) is 6.66. The van der Waals surface area contributed by atoms with Gasteiger partial charge in [-0.05, 0) is 39.0 Å². The lowest BCUT2D eigenvalue weighted by Crippen LogP contribution is -2.25. The van der Waals surface area contributed by atoms with Gasteiger partial charge >= 0.3 is 11.9 Å². The molecule has 0 saturated heterocycles. The Morgan fingerprint density at radius 3 is 1.88 bits per heavy atom. The first-order valence-electron chi connectivity index (χ1n) is 10.2. The molecule has 0 aromatic rings. The van der Waals surface area contributed by atoms with Crippen LogP contribution in [0.2, 0.25) is 0 Å². The summed E-state index contributed by atoms with van der Waals surface area (Å²) in [6, 6.07) is 0. The minimum atomic E-state index is -1.07. The van der Waals surface area contributed by atoms with Crippen molar-refractivity contribution in [3.63, 3.8) is 0 Å². The molecule has 25 heavy (non-hydrogen) atoms. The first-order valence-corrected chi connectivity index (χ1v) is 10.2. The van der Waals surface area contributed by atoms with Crippen LogP contribution in [0.15, 0.2) is 12.2 Å². The summed E-state index contributed by atoms with van der Waals surface area (Å²) >= 11 is 0. The van der Waals surface area contributed by atoms with Gasteiger partial charge in [-0.15, -0.1) is 0 Å². The molecule has 4 nitrogen and oxygen atoms in total. The lowest BCUT2D eigenvalue weighted by atomic mass is 10.0. The second-order valence-corrected chi connectivity index (χ2v) is 6.66. The Bertz CT molecular complexity index is 363. The van der Waals surface area contributed by atoms with E-state index in [1.807, 2.05) is 0 Å². The summed E-state index contributed by atoms with van der Waals surface area (Å²) in [5, 5.41) is 9.06. The van der Waals surface area contributed by atoms with Gasteiger partial charge in [0.2, 0.25) is 0 Å². The number of aliphatic carboxylic acids is 1. The Kier molecular flexibility index (Phi) is 16.6. The van der Waals surface area contributed by atoms with Crippen molar-refractivity contribution >= 4 is 11.9 Å². The largest absolute Gasteiger partial charge is 0.481 e. The van der Waals surface area contributed by atoms with Crippen molar-refractivity contribution in [1.29, 1.82) is 0 Å². The molecule has 0 spiro atoms. The highest BCUT2D eigenvalue weighted by molar-refractivity contribution is 5.93. The molecular weight excluding hydrogens is 316 g/mol. The zero-order valence-corrected chi connectivity index (χ0v) is 16.3. The maximum absolute atomic E-state index is 11.5. The smallest absolute Gasteiger partial charge is 0.320 e. The average Bonchev–Trinajstić information content (AvgIpc) is 2.58. The Balaban J connectivity index is 3.51. The first kappa shape index (κ1) is 23.7. The summed E-state index contributed by atoms with van der Waals surface area (Å²) < 4.78 is 4.81. The fourth-order valence-electron chi connectivity index (χ4n) is 2.83. The minimum absolute atomic E-state index is 0.230. The van der Waals surface area contributed by atoms with Gasteiger partial charge in [-0.1, -0.05) is 70.4 Å². The van der Waals surface area contributed by atoms with Gasteiger partial charge in [-0.3, -0.25) is 9.59 Å². The normalized spacial score (nSPS) is 12.4. The van der Waals surface area contributed by atoms with Gasteiger partial charge in [0.25, 0.3) is 0 Å². The minimum Gasteiger partial charge on any atom is -0.481 e. The first-order chi connectivity index (χ1) is 12.1. The number of carboxylic acid groups (broad SMARTS) is 1. The molecular formula is C21H38O4. The highest BCUT2D eigenvalue weighted by Gasteiger charge is 2.26. The number of carbonyl (C=O) groups excluding carboxylic acids is 1. The topological polar surface area (TPSA) is 63.6 Å². The molecule has 0 saturated carbocycles. The number of esters is 1. The molecule has 0 bridgehead atoms. The van der Waals surface area contributed by atoms with E-state index < -0.39 is 17.9 Å². The van der Waals surface area contributed by atoms with Crippen LogP contribution >= 0.6 is 0 Å². The van der Waals surface area contributed by atoms with E-state index in [0.29, 0.717) is 6.42 Å². The maximum Gasteiger partial charge on any atom is 0.320 e. The average molecular weight is 355 g/mol. The van der Waals surface area contributed by atoms with Crippen molar-refractivity contribution in [3.8, 4) is 0 Å². The van der Waals surface area contributed by atoms with Gasteiger partial charge in [-0.2, -0.15) is 0 Å². The number of hydrogen-bond donors (Lipinski definition) is 1. The van der Waals surface area contributed by atoms with E-state index in [9.17, 15) is 9.59 Å². The Labute approximate surface area is 154 Å². The summed E-state index contributed by atoms with van der Waals surface area (Å²) in [4.78, 5) is 22.6. The molecule has 0 aliphatic rings. The Hall–Kier alpha value is -1.32. The predicted octanol–water partition coefficient (Wildman–Crippen LogP) is 5.90. The summed E-state index contributed by atoms with van der Waals surface area (Å²) in [5.41, 5.74) is 0. The lowest BCUT2D eigenvalue weighted by Gasteiger charge is -2.10. The van der Waals surface area contributed by atoms with Crippen LogP contribution in [0, 0.1) is 5.92 Å².